The molecule has 13 heavy (non-hydrogen) atoms. The molecule has 0 saturated heterocycles. The first kappa shape index (κ1) is 12.7. The summed E-state index contributed by atoms with van der Waals surface area (Å²) >= 11 is 0. The van der Waals surface area contributed by atoms with E-state index >= 15 is 0 Å². The van der Waals surface area contributed by atoms with Crippen LogP contribution < -0.4 is 10.9 Å². The normalized spacial score (nSPS) is 13.2. The SMILES string of the molecule is C[C@H](N)[Si](C)(C)c1ccccc1.Cl. The van der Waals surface area contributed by atoms with Crippen LogP contribution in [0.15, 0.2) is 30.3 Å². The smallest absolute Gasteiger partial charge is 0.0977 e. The van der Waals surface area contributed by atoms with Gasteiger partial charge in [-0.05, 0) is 5.67 Å². The van der Waals surface area contributed by atoms with Gasteiger partial charge in [0.05, 0.1) is 8.07 Å². The summed E-state index contributed by atoms with van der Waals surface area (Å²) in [5.74, 6) is 0. The quantitative estimate of drug-likeness (QED) is 0.750. The van der Waals surface area contributed by atoms with Crippen LogP contribution in [0.3, 0.4) is 0 Å². The molecule has 0 spiro atoms. The Morgan fingerprint density at radius 1 is 1.15 bits per heavy atom. The van der Waals surface area contributed by atoms with Crippen LogP contribution in [0.25, 0.3) is 0 Å². The van der Waals surface area contributed by atoms with E-state index in [9.17, 15) is 0 Å². The molecular weight excluding hydrogens is 198 g/mol. The van der Waals surface area contributed by atoms with Crippen LogP contribution in [-0.2, 0) is 0 Å². The van der Waals surface area contributed by atoms with E-state index in [0.717, 1.165) is 0 Å². The molecule has 0 saturated carbocycles. The van der Waals surface area contributed by atoms with Crippen molar-refractivity contribution in [3.05, 3.63) is 30.3 Å². The van der Waals surface area contributed by atoms with Gasteiger partial charge >= 0.3 is 0 Å². The first-order chi connectivity index (χ1) is 5.55. The van der Waals surface area contributed by atoms with Crippen molar-refractivity contribution in [2.24, 2.45) is 5.73 Å². The molecule has 0 amide bonds. The Hall–Kier alpha value is -0.313. The van der Waals surface area contributed by atoms with Crippen molar-refractivity contribution in [2.75, 3.05) is 0 Å². The van der Waals surface area contributed by atoms with Crippen molar-refractivity contribution in [1.82, 2.24) is 0 Å². The van der Waals surface area contributed by atoms with Gasteiger partial charge in [0, 0.05) is 0 Å². The van der Waals surface area contributed by atoms with E-state index in [4.69, 9.17) is 5.73 Å². The Morgan fingerprint density at radius 3 is 2.00 bits per heavy atom. The Kier molecular flexibility index (Phi) is 4.68. The molecule has 0 heterocycles. The van der Waals surface area contributed by atoms with Crippen LogP contribution in [0, 0.1) is 0 Å². The minimum atomic E-state index is -1.38. The highest BCUT2D eigenvalue weighted by molar-refractivity contribution is 6.90. The molecular formula is C10H18ClNSi. The summed E-state index contributed by atoms with van der Waals surface area (Å²) in [5.41, 5.74) is 6.28. The molecule has 1 aromatic rings. The van der Waals surface area contributed by atoms with Crippen molar-refractivity contribution in [1.29, 1.82) is 0 Å². The van der Waals surface area contributed by atoms with Crippen molar-refractivity contribution in [2.45, 2.75) is 25.7 Å². The fourth-order valence-corrected chi connectivity index (χ4v) is 2.71. The Morgan fingerprint density at radius 2 is 1.62 bits per heavy atom. The predicted molar refractivity (Wildman–Crippen MR) is 64.5 cm³/mol. The molecule has 0 aliphatic heterocycles. The highest BCUT2D eigenvalue weighted by atomic mass is 35.5. The zero-order valence-electron chi connectivity index (χ0n) is 8.45. The fraction of sp³-hybridized carbons (Fsp3) is 0.400. The number of hydrogen-bond donors (Lipinski definition) is 1. The molecule has 1 nitrogen and oxygen atoms in total. The van der Waals surface area contributed by atoms with Crippen LogP contribution in [0.1, 0.15) is 6.92 Å². The van der Waals surface area contributed by atoms with Crippen molar-refractivity contribution in [3.63, 3.8) is 0 Å². The van der Waals surface area contributed by atoms with Crippen LogP contribution in [-0.4, -0.2) is 13.7 Å². The van der Waals surface area contributed by atoms with Crippen LogP contribution in [0.2, 0.25) is 13.1 Å². The second-order valence-corrected chi connectivity index (χ2v) is 8.81. The lowest BCUT2D eigenvalue weighted by atomic mass is 10.4. The zero-order valence-corrected chi connectivity index (χ0v) is 10.3. The molecule has 0 aromatic heterocycles. The van der Waals surface area contributed by atoms with Gasteiger partial charge < -0.3 is 5.73 Å². The van der Waals surface area contributed by atoms with Gasteiger partial charge in [-0.3, -0.25) is 0 Å². The number of rotatable bonds is 2. The number of hydrogen-bond acceptors (Lipinski definition) is 1. The largest absolute Gasteiger partial charge is 0.330 e. The van der Waals surface area contributed by atoms with Gasteiger partial charge in [0.15, 0.2) is 0 Å². The van der Waals surface area contributed by atoms with Gasteiger partial charge in [0.25, 0.3) is 0 Å². The maximum Gasteiger partial charge on any atom is 0.0977 e. The molecule has 3 heteroatoms. The van der Waals surface area contributed by atoms with Gasteiger partial charge in [-0.15, -0.1) is 12.4 Å². The molecule has 74 valence electrons. The molecule has 0 unspecified atom stereocenters. The van der Waals surface area contributed by atoms with Gasteiger partial charge in [-0.1, -0.05) is 55.5 Å². The predicted octanol–water partition coefficient (Wildman–Crippen LogP) is 1.91. The lowest BCUT2D eigenvalue weighted by Gasteiger charge is -2.26. The van der Waals surface area contributed by atoms with Gasteiger partial charge in [0.1, 0.15) is 0 Å². The van der Waals surface area contributed by atoms with Crippen LogP contribution in [0.5, 0.6) is 0 Å². The summed E-state index contributed by atoms with van der Waals surface area (Å²) in [5, 5.41) is 1.44. The summed E-state index contributed by atoms with van der Waals surface area (Å²) in [6.45, 7) is 6.74. The van der Waals surface area contributed by atoms with E-state index in [0.29, 0.717) is 5.67 Å². The summed E-state index contributed by atoms with van der Waals surface area (Å²) < 4.78 is 0. The molecule has 1 rings (SSSR count). The lowest BCUT2D eigenvalue weighted by molar-refractivity contribution is 0.981. The summed E-state index contributed by atoms with van der Waals surface area (Å²) in [6, 6.07) is 10.6. The van der Waals surface area contributed by atoms with Crippen molar-refractivity contribution >= 4 is 25.7 Å². The maximum atomic E-state index is 5.96. The van der Waals surface area contributed by atoms with Gasteiger partial charge in [-0.2, -0.15) is 0 Å². The van der Waals surface area contributed by atoms with Crippen LogP contribution in [0.4, 0.5) is 0 Å². The molecule has 1 atom stereocenters. The van der Waals surface area contributed by atoms with E-state index in [2.05, 4.69) is 50.3 Å². The third kappa shape index (κ3) is 2.83. The Balaban J connectivity index is 0.00000144. The first-order valence-corrected chi connectivity index (χ1v) is 7.44. The molecule has 0 aliphatic rings. The van der Waals surface area contributed by atoms with Crippen LogP contribution >= 0.6 is 12.4 Å². The maximum absolute atomic E-state index is 5.96. The number of nitrogens with two attached hydrogens (primary N) is 1. The van der Waals surface area contributed by atoms with E-state index in [1.165, 1.54) is 5.19 Å². The first-order valence-electron chi connectivity index (χ1n) is 4.36. The average Bonchev–Trinajstić information content (AvgIpc) is 2.06. The molecule has 0 bridgehead atoms. The number of halogens is 1. The summed E-state index contributed by atoms with van der Waals surface area (Å²) in [6.07, 6.45) is 0. The minimum absolute atomic E-state index is 0. The third-order valence-electron chi connectivity index (χ3n) is 2.66. The second kappa shape index (κ2) is 4.79. The van der Waals surface area contributed by atoms with E-state index in [-0.39, 0.29) is 12.4 Å². The van der Waals surface area contributed by atoms with Gasteiger partial charge in [0.2, 0.25) is 0 Å². The molecule has 0 aliphatic carbocycles. The van der Waals surface area contributed by atoms with E-state index in [1.54, 1.807) is 0 Å². The number of benzene rings is 1. The monoisotopic (exact) mass is 215 g/mol. The molecule has 0 fully saturated rings. The Bertz CT molecular complexity index is 246. The highest BCUT2D eigenvalue weighted by Gasteiger charge is 2.27. The lowest BCUT2D eigenvalue weighted by Crippen LogP contribution is -2.55. The zero-order chi connectivity index (χ0) is 9.19. The second-order valence-electron chi connectivity index (χ2n) is 3.88. The van der Waals surface area contributed by atoms with E-state index in [1.807, 2.05) is 0 Å². The minimum Gasteiger partial charge on any atom is -0.330 e. The van der Waals surface area contributed by atoms with Gasteiger partial charge in [-0.25, -0.2) is 0 Å². The summed E-state index contributed by atoms with van der Waals surface area (Å²) in [7, 11) is -1.38. The topological polar surface area (TPSA) is 26.0 Å². The standard InChI is InChI=1S/C10H17NSi.ClH/c1-9(11)12(2,3)10-7-5-4-6-8-10;/h4-9H,11H2,1-3H3;1H/t9-;/m1./s1. The third-order valence-corrected chi connectivity index (χ3v) is 6.75. The summed E-state index contributed by atoms with van der Waals surface area (Å²) in [4.78, 5) is 0. The average molecular weight is 216 g/mol. The fourth-order valence-electron chi connectivity index (χ4n) is 1.13. The molecule has 1 aromatic carbocycles. The van der Waals surface area contributed by atoms with Crippen molar-refractivity contribution in [3.8, 4) is 0 Å². The van der Waals surface area contributed by atoms with Crippen molar-refractivity contribution < 1.29 is 0 Å². The molecule has 0 radical (unpaired) electrons. The highest BCUT2D eigenvalue weighted by Crippen LogP contribution is 2.06. The Labute approximate surface area is 87.8 Å². The van der Waals surface area contributed by atoms with E-state index < -0.39 is 8.07 Å². The molecule has 2 N–H and O–H groups in total.